The number of nitrogens with one attached hydrogen (secondary N) is 1. The van der Waals surface area contributed by atoms with Crippen molar-refractivity contribution in [3.63, 3.8) is 0 Å². The topological polar surface area (TPSA) is 24.5 Å². The number of likely N-dealkylation sites (tertiary alicyclic amines) is 1. The highest BCUT2D eigenvalue weighted by molar-refractivity contribution is 5.27. The van der Waals surface area contributed by atoms with Crippen LogP contribution in [0.3, 0.4) is 0 Å². The van der Waals surface area contributed by atoms with Gasteiger partial charge in [-0.05, 0) is 44.0 Å². The predicted molar refractivity (Wildman–Crippen MR) is 79.5 cm³/mol. The molecule has 3 nitrogen and oxygen atoms in total. The van der Waals surface area contributed by atoms with Crippen molar-refractivity contribution in [3.8, 4) is 5.75 Å². The molecular formula is C16H26N2O. The second kappa shape index (κ2) is 6.92. The fourth-order valence-electron chi connectivity index (χ4n) is 2.89. The fourth-order valence-corrected chi connectivity index (χ4v) is 2.89. The van der Waals surface area contributed by atoms with Crippen molar-refractivity contribution in [3.05, 3.63) is 29.8 Å². The summed E-state index contributed by atoms with van der Waals surface area (Å²) in [6.07, 6.45) is 1.32. The lowest BCUT2D eigenvalue weighted by Crippen LogP contribution is -2.31. The van der Waals surface area contributed by atoms with Crippen molar-refractivity contribution < 1.29 is 4.74 Å². The summed E-state index contributed by atoms with van der Waals surface area (Å²) in [6.45, 7) is 8.58. The van der Waals surface area contributed by atoms with Crippen molar-refractivity contribution in [1.29, 1.82) is 0 Å². The number of nitrogens with zero attached hydrogens (tertiary/aromatic N) is 1. The van der Waals surface area contributed by atoms with Crippen LogP contribution in [-0.2, 0) is 6.54 Å². The van der Waals surface area contributed by atoms with Crippen molar-refractivity contribution in [2.24, 2.45) is 5.92 Å². The van der Waals surface area contributed by atoms with Crippen molar-refractivity contribution >= 4 is 0 Å². The maximum absolute atomic E-state index is 5.82. The highest BCUT2D eigenvalue weighted by Crippen LogP contribution is 2.21. The van der Waals surface area contributed by atoms with Gasteiger partial charge in [-0.1, -0.05) is 19.1 Å². The molecule has 0 bridgehead atoms. The van der Waals surface area contributed by atoms with Gasteiger partial charge in [0.2, 0.25) is 0 Å². The van der Waals surface area contributed by atoms with Gasteiger partial charge in [0.25, 0.3) is 0 Å². The maximum Gasteiger partial charge on any atom is 0.119 e. The third kappa shape index (κ3) is 4.22. The van der Waals surface area contributed by atoms with Crippen LogP contribution in [-0.4, -0.2) is 37.7 Å². The Bertz CT molecular complexity index is 377. The first-order valence-corrected chi connectivity index (χ1v) is 7.29. The van der Waals surface area contributed by atoms with Crippen LogP contribution in [0.25, 0.3) is 0 Å². The predicted octanol–water partition coefficient (Wildman–Crippen LogP) is 2.52. The van der Waals surface area contributed by atoms with Gasteiger partial charge in [-0.15, -0.1) is 0 Å². The molecule has 1 aromatic rings. The molecule has 1 fully saturated rings. The van der Waals surface area contributed by atoms with Gasteiger partial charge in [0.1, 0.15) is 12.4 Å². The van der Waals surface area contributed by atoms with Gasteiger partial charge >= 0.3 is 0 Å². The molecule has 2 atom stereocenters. The summed E-state index contributed by atoms with van der Waals surface area (Å²) in [5, 5.41) is 3.15. The Balaban J connectivity index is 1.73. The fraction of sp³-hybridized carbons (Fsp3) is 0.625. The summed E-state index contributed by atoms with van der Waals surface area (Å²) in [6, 6.07) is 9.06. The van der Waals surface area contributed by atoms with E-state index in [1.807, 2.05) is 7.05 Å². The molecule has 2 unspecified atom stereocenters. The van der Waals surface area contributed by atoms with Gasteiger partial charge in [0, 0.05) is 25.7 Å². The summed E-state index contributed by atoms with van der Waals surface area (Å²) in [7, 11) is 1.96. The smallest absolute Gasteiger partial charge is 0.119 e. The Labute approximate surface area is 116 Å². The van der Waals surface area contributed by atoms with E-state index in [0.717, 1.165) is 31.4 Å². The standard InChI is InChI=1S/C16H26N2O/c1-13-10-14(2)18(12-13)8-9-19-16-6-4-15(5-7-16)11-17-3/h4-7,13-14,17H,8-12H2,1-3H3. The van der Waals surface area contributed by atoms with Gasteiger partial charge in [-0.3, -0.25) is 4.90 Å². The summed E-state index contributed by atoms with van der Waals surface area (Å²) >= 11 is 0. The average Bonchev–Trinajstić information content (AvgIpc) is 2.71. The zero-order valence-electron chi connectivity index (χ0n) is 12.4. The molecule has 1 aromatic carbocycles. The zero-order valence-corrected chi connectivity index (χ0v) is 12.4. The largest absolute Gasteiger partial charge is 0.492 e. The molecule has 0 aliphatic carbocycles. The number of benzene rings is 1. The van der Waals surface area contributed by atoms with E-state index in [9.17, 15) is 0 Å². The molecular weight excluding hydrogens is 236 g/mol. The van der Waals surface area contributed by atoms with Crippen LogP contribution in [0.15, 0.2) is 24.3 Å². The zero-order chi connectivity index (χ0) is 13.7. The van der Waals surface area contributed by atoms with Crippen molar-refractivity contribution in [2.45, 2.75) is 32.9 Å². The molecule has 1 aliphatic rings. The number of hydrogen-bond acceptors (Lipinski definition) is 3. The van der Waals surface area contributed by atoms with Gasteiger partial charge in [-0.2, -0.15) is 0 Å². The molecule has 0 saturated carbocycles. The molecule has 0 amide bonds. The third-order valence-electron chi connectivity index (χ3n) is 3.86. The first-order valence-electron chi connectivity index (χ1n) is 7.29. The minimum absolute atomic E-state index is 0.705. The highest BCUT2D eigenvalue weighted by Gasteiger charge is 2.25. The Kier molecular flexibility index (Phi) is 5.23. The van der Waals surface area contributed by atoms with Gasteiger partial charge in [0.15, 0.2) is 0 Å². The quantitative estimate of drug-likeness (QED) is 0.852. The third-order valence-corrected chi connectivity index (χ3v) is 3.86. The molecule has 1 heterocycles. The van der Waals surface area contributed by atoms with Gasteiger partial charge < -0.3 is 10.1 Å². The van der Waals surface area contributed by atoms with Crippen LogP contribution in [0.2, 0.25) is 0 Å². The Morgan fingerprint density at radius 2 is 2.00 bits per heavy atom. The van der Waals surface area contributed by atoms with Gasteiger partial charge in [0.05, 0.1) is 0 Å². The van der Waals surface area contributed by atoms with Crippen molar-refractivity contribution in [2.75, 3.05) is 26.7 Å². The van der Waals surface area contributed by atoms with E-state index in [0.29, 0.717) is 6.04 Å². The summed E-state index contributed by atoms with van der Waals surface area (Å²) < 4.78 is 5.82. The molecule has 0 radical (unpaired) electrons. The summed E-state index contributed by atoms with van der Waals surface area (Å²) in [5.41, 5.74) is 1.29. The first kappa shape index (κ1) is 14.4. The second-order valence-electron chi connectivity index (χ2n) is 5.71. The van der Waals surface area contributed by atoms with Crippen molar-refractivity contribution in [1.82, 2.24) is 10.2 Å². The Hall–Kier alpha value is -1.06. The van der Waals surface area contributed by atoms with Crippen LogP contribution in [0, 0.1) is 5.92 Å². The number of rotatable bonds is 6. The summed E-state index contributed by atoms with van der Waals surface area (Å²) in [5.74, 6) is 1.80. The average molecular weight is 262 g/mol. The van der Waals surface area contributed by atoms with E-state index in [4.69, 9.17) is 4.74 Å². The van der Waals surface area contributed by atoms with Crippen LogP contribution in [0.4, 0.5) is 0 Å². The molecule has 0 aromatic heterocycles. The lowest BCUT2D eigenvalue weighted by atomic mass is 10.1. The number of ether oxygens (including phenoxy) is 1. The van der Waals surface area contributed by atoms with E-state index >= 15 is 0 Å². The molecule has 19 heavy (non-hydrogen) atoms. The van der Waals surface area contributed by atoms with E-state index in [-0.39, 0.29) is 0 Å². The maximum atomic E-state index is 5.82. The molecule has 1 saturated heterocycles. The van der Waals surface area contributed by atoms with E-state index in [2.05, 4.69) is 48.3 Å². The SMILES string of the molecule is CNCc1ccc(OCCN2CC(C)CC2C)cc1. The summed E-state index contributed by atoms with van der Waals surface area (Å²) in [4.78, 5) is 2.53. The minimum atomic E-state index is 0.705. The van der Waals surface area contributed by atoms with E-state index in [1.165, 1.54) is 18.5 Å². The molecule has 2 rings (SSSR count). The second-order valence-corrected chi connectivity index (χ2v) is 5.71. The normalized spacial score (nSPS) is 23.7. The monoisotopic (exact) mass is 262 g/mol. The van der Waals surface area contributed by atoms with Crippen LogP contribution >= 0.6 is 0 Å². The molecule has 3 heteroatoms. The Morgan fingerprint density at radius 3 is 2.58 bits per heavy atom. The number of hydrogen-bond donors (Lipinski definition) is 1. The van der Waals surface area contributed by atoms with Crippen LogP contribution < -0.4 is 10.1 Å². The van der Waals surface area contributed by atoms with E-state index in [1.54, 1.807) is 0 Å². The Morgan fingerprint density at radius 1 is 1.26 bits per heavy atom. The van der Waals surface area contributed by atoms with Gasteiger partial charge in [-0.25, -0.2) is 0 Å². The first-order chi connectivity index (χ1) is 9.19. The van der Waals surface area contributed by atoms with E-state index < -0.39 is 0 Å². The molecule has 0 spiro atoms. The van der Waals surface area contributed by atoms with Crippen LogP contribution in [0.1, 0.15) is 25.8 Å². The molecule has 1 aliphatic heterocycles. The molecule has 1 N–H and O–H groups in total. The highest BCUT2D eigenvalue weighted by atomic mass is 16.5. The minimum Gasteiger partial charge on any atom is -0.492 e. The van der Waals surface area contributed by atoms with Crippen LogP contribution in [0.5, 0.6) is 5.75 Å². The lowest BCUT2D eigenvalue weighted by molar-refractivity contribution is 0.202. The molecule has 106 valence electrons. The lowest BCUT2D eigenvalue weighted by Gasteiger charge is -2.20.